The minimum atomic E-state index is -3.59. The standard InChI is InChI=1S/C25H34N2O3S/c1-18-8-14-23(15-9-18)31(29,30)27-16-6-7-21(17-27)24(28)26-19(2)20-10-12-22(13-11-20)25(3,4)5/h8-15,19,21H,6-7,16-17H2,1-5H3,(H,26,28)/t19-,21-/m0/s1. The van der Waals surface area contributed by atoms with Crippen molar-refractivity contribution in [1.82, 2.24) is 9.62 Å². The predicted molar refractivity (Wildman–Crippen MR) is 124 cm³/mol. The molecule has 0 radical (unpaired) electrons. The van der Waals surface area contributed by atoms with Gasteiger partial charge in [-0.2, -0.15) is 4.31 Å². The molecule has 0 aliphatic carbocycles. The highest BCUT2D eigenvalue weighted by atomic mass is 32.2. The van der Waals surface area contributed by atoms with E-state index in [1.54, 1.807) is 24.3 Å². The lowest BCUT2D eigenvalue weighted by atomic mass is 9.86. The number of benzene rings is 2. The van der Waals surface area contributed by atoms with Gasteiger partial charge in [0.05, 0.1) is 16.9 Å². The summed E-state index contributed by atoms with van der Waals surface area (Å²) in [6, 6.07) is 15.1. The third-order valence-electron chi connectivity index (χ3n) is 6.05. The third-order valence-corrected chi connectivity index (χ3v) is 7.93. The Morgan fingerprint density at radius 1 is 1.06 bits per heavy atom. The number of hydrogen-bond acceptors (Lipinski definition) is 3. The van der Waals surface area contributed by atoms with E-state index >= 15 is 0 Å². The summed E-state index contributed by atoms with van der Waals surface area (Å²) in [4.78, 5) is 13.2. The molecule has 2 aromatic rings. The average molecular weight is 443 g/mol. The maximum Gasteiger partial charge on any atom is 0.243 e. The van der Waals surface area contributed by atoms with E-state index in [1.807, 2.05) is 13.8 Å². The highest BCUT2D eigenvalue weighted by Crippen LogP contribution is 2.26. The summed E-state index contributed by atoms with van der Waals surface area (Å²) in [5.41, 5.74) is 3.39. The first-order chi connectivity index (χ1) is 14.5. The molecule has 0 bridgehead atoms. The van der Waals surface area contributed by atoms with Crippen molar-refractivity contribution in [1.29, 1.82) is 0 Å². The van der Waals surface area contributed by atoms with Gasteiger partial charge in [-0.3, -0.25) is 4.79 Å². The van der Waals surface area contributed by atoms with Crippen molar-refractivity contribution in [3.63, 3.8) is 0 Å². The molecule has 2 atom stereocenters. The molecule has 1 fully saturated rings. The lowest BCUT2D eigenvalue weighted by molar-refractivity contribution is -0.126. The van der Waals surface area contributed by atoms with Crippen molar-refractivity contribution in [3.8, 4) is 0 Å². The van der Waals surface area contributed by atoms with Gasteiger partial charge in [-0.25, -0.2) is 8.42 Å². The zero-order chi connectivity index (χ0) is 22.8. The van der Waals surface area contributed by atoms with Crippen LogP contribution in [0.3, 0.4) is 0 Å². The van der Waals surface area contributed by atoms with Crippen LogP contribution in [-0.2, 0) is 20.2 Å². The van der Waals surface area contributed by atoms with Gasteiger partial charge >= 0.3 is 0 Å². The molecule has 1 saturated heterocycles. The van der Waals surface area contributed by atoms with Crippen LogP contribution in [0, 0.1) is 12.8 Å². The number of carbonyl (C=O) groups excluding carboxylic acids is 1. The second kappa shape index (κ2) is 9.13. The van der Waals surface area contributed by atoms with E-state index in [4.69, 9.17) is 0 Å². The number of nitrogens with zero attached hydrogens (tertiary/aromatic N) is 1. The maximum atomic E-state index is 13.0. The molecule has 1 amide bonds. The molecule has 5 nitrogen and oxygen atoms in total. The zero-order valence-corrected chi connectivity index (χ0v) is 20.0. The maximum absolute atomic E-state index is 13.0. The quantitative estimate of drug-likeness (QED) is 0.738. The van der Waals surface area contributed by atoms with Gasteiger partial charge in [0.2, 0.25) is 15.9 Å². The SMILES string of the molecule is Cc1ccc(S(=O)(=O)N2CCC[C@H](C(=O)N[C@@H](C)c3ccc(C(C)(C)C)cc3)C2)cc1. The lowest BCUT2D eigenvalue weighted by Gasteiger charge is -2.32. The Labute approximate surface area is 186 Å². The molecular weight excluding hydrogens is 408 g/mol. The number of rotatable bonds is 5. The number of sulfonamides is 1. The Morgan fingerprint density at radius 3 is 2.26 bits per heavy atom. The van der Waals surface area contributed by atoms with Crippen LogP contribution < -0.4 is 5.32 Å². The van der Waals surface area contributed by atoms with Gasteiger partial charge in [0.15, 0.2) is 0 Å². The third kappa shape index (κ3) is 5.55. The Kier molecular flexibility index (Phi) is 6.92. The smallest absolute Gasteiger partial charge is 0.243 e. The second-order valence-electron chi connectivity index (χ2n) is 9.62. The average Bonchev–Trinajstić information content (AvgIpc) is 2.73. The van der Waals surface area contributed by atoms with Crippen LogP contribution in [0.1, 0.15) is 63.3 Å². The van der Waals surface area contributed by atoms with E-state index < -0.39 is 10.0 Å². The van der Waals surface area contributed by atoms with Gasteiger partial charge in [-0.1, -0.05) is 62.7 Å². The molecule has 0 spiro atoms. The Balaban J connectivity index is 1.66. The predicted octanol–water partition coefficient (Wildman–Crippen LogP) is 4.57. The van der Waals surface area contributed by atoms with E-state index in [9.17, 15) is 13.2 Å². The van der Waals surface area contributed by atoms with Gasteiger partial charge in [-0.15, -0.1) is 0 Å². The van der Waals surface area contributed by atoms with Crippen LogP contribution in [0.25, 0.3) is 0 Å². The molecular formula is C25H34N2O3S. The van der Waals surface area contributed by atoms with E-state index in [-0.39, 0.29) is 34.7 Å². The molecule has 3 rings (SSSR count). The Morgan fingerprint density at radius 2 is 1.68 bits per heavy atom. The summed E-state index contributed by atoms with van der Waals surface area (Å²) >= 11 is 0. The lowest BCUT2D eigenvalue weighted by Crippen LogP contribution is -2.45. The summed E-state index contributed by atoms with van der Waals surface area (Å²) in [5, 5.41) is 3.08. The first kappa shape index (κ1) is 23.5. The first-order valence-corrected chi connectivity index (χ1v) is 12.4. The molecule has 2 aromatic carbocycles. The summed E-state index contributed by atoms with van der Waals surface area (Å²) in [7, 11) is -3.59. The van der Waals surface area contributed by atoms with E-state index in [1.165, 1.54) is 9.87 Å². The highest BCUT2D eigenvalue weighted by molar-refractivity contribution is 7.89. The van der Waals surface area contributed by atoms with Crippen molar-refractivity contribution in [2.24, 2.45) is 5.92 Å². The molecule has 1 heterocycles. The molecule has 1 aliphatic heterocycles. The molecule has 168 valence electrons. The molecule has 1 N–H and O–H groups in total. The van der Waals surface area contributed by atoms with Crippen molar-refractivity contribution < 1.29 is 13.2 Å². The van der Waals surface area contributed by atoms with E-state index in [0.717, 1.165) is 11.1 Å². The van der Waals surface area contributed by atoms with Crippen LogP contribution in [0.2, 0.25) is 0 Å². The topological polar surface area (TPSA) is 66.5 Å². The van der Waals surface area contributed by atoms with Crippen LogP contribution in [0.4, 0.5) is 0 Å². The van der Waals surface area contributed by atoms with E-state index in [0.29, 0.717) is 19.4 Å². The van der Waals surface area contributed by atoms with E-state index in [2.05, 4.69) is 50.4 Å². The number of carbonyl (C=O) groups is 1. The van der Waals surface area contributed by atoms with Crippen molar-refractivity contribution in [2.45, 2.75) is 63.8 Å². The fraction of sp³-hybridized carbons (Fsp3) is 0.480. The van der Waals surface area contributed by atoms with Gasteiger partial charge in [-0.05, 0) is 55.4 Å². The number of hydrogen-bond donors (Lipinski definition) is 1. The Hall–Kier alpha value is -2.18. The number of nitrogens with one attached hydrogen (secondary N) is 1. The van der Waals surface area contributed by atoms with Crippen molar-refractivity contribution in [3.05, 3.63) is 65.2 Å². The number of amides is 1. The van der Waals surface area contributed by atoms with Gasteiger partial charge < -0.3 is 5.32 Å². The van der Waals surface area contributed by atoms with Gasteiger partial charge in [0.1, 0.15) is 0 Å². The Bertz CT molecular complexity index is 1010. The summed E-state index contributed by atoms with van der Waals surface area (Å²) in [5.74, 6) is -0.429. The molecule has 31 heavy (non-hydrogen) atoms. The minimum Gasteiger partial charge on any atom is -0.349 e. The minimum absolute atomic E-state index is 0.0829. The number of aryl methyl sites for hydroxylation is 1. The summed E-state index contributed by atoms with van der Waals surface area (Å²) < 4.78 is 27.5. The first-order valence-electron chi connectivity index (χ1n) is 11.0. The fourth-order valence-electron chi connectivity index (χ4n) is 3.92. The van der Waals surface area contributed by atoms with Crippen LogP contribution in [-0.4, -0.2) is 31.7 Å². The van der Waals surface area contributed by atoms with Gasteiger partial charge in [0, 0.05) is 13.1 Å². The van der Waals surface area contributed by atoms with Crippen molar-refractivity contribution in [2.75, 3.05) is 13.1 Å². The monoisotopic (exact) mass is 442 g/mol. The highest BCUT2D eigenvalue weighted by Gasteiger charge is 2.33. The molecule has 0 unspecified atom stereocenters. The molecule has 1 aliphatic rings. The molecule has 0 saturated carbocycles. The largest absolute Gasteiger partial charge is 0.349 e. The van der Waals surface area contributed by atoms with Gasteiger partial charge in [0.25, 0.3) is 0 Å². The summed E-state index contributed by atoms with van der Waals surface area (Å²) in [6.07, 6.45) is 1.37. The summed E-state index contributed by atoms with van der Waals surface area (Å²) in [6.45, 7) is 11.1. The van der Waals surface area contributed by atoms with Crippen LogP contribution in [0.15, 0.2) is 53.4 Å². The van der Waals surface area contributed by atoms with Crippen LogP contribution >= 0.6 is 0 Å². The molecule has 6 heteroatoms. The van der Waals surface area contributed by atoms with Crippen LogP contribution in [0.5, 0.6) is 0 Å². The second-order valence-corrected chi connectivity index (χ2v) is 11.6. The number of piperidine rings is 1. The zero-order valence-electron chi connectivity index (χ0n) is 19.2. The normalized spacial score (nSPS) is 19.1. The fourth-order valence-corrected chi connectivity index (χ4v) is 5.44. The van der Waals surface area contributed by atoms with Crippen molar-refractivity contribution >= 4 is 15.9 Å². The molecule has 0 aromatic heterocycles.